The fourth-order valence-corrected chi connectivity index (χ4v) is 3.79. The summed E-state index contributed by atoms with van der Waals surface area (Å²) in [5.74, 6) is 0.733. The highest BCUT2D eigenvalue weighted by Gasteiger charge is 2.33. The minimum absolute atomic E-state index is 0.549. The Bertz CT molecular complexity index is 485. The number of anilines is 1. The van der Waals surface area contributed by atoms with Gasteiger partial charge in [-0.25, -0.2) is 0 Å². The molecular weight excluding hydrogens is 246 g/mol. The largest absolute Gasteiger partial charge is 0.382 e. The predicted molar refractivity (Wildman–Crippen MR) is 81.6 cm³/mol. The standard InChI is InChI=1S/C17H23N3/c18-12-13-5-3-6-14(11-13)20-17-8-2-1-7-15(17)16-9-4-10-19-16/h3,5-6,11,15-17,19-20H,1-2,4,7-10H2. The van der Waals surface area contributed by atoms with E-state index in [0.717, 1.165) is 17.2 Å². The van der Waals surface area contributed by atoms with Crippen molar-refractivity contribution in [2.75, 3.05) is 11.9 Å². The van der Waals surface area contributed by atoms with Crippen molar-refractivity contribution in [3.8, 4) is 6.07 Å². The summed E-state index contributed by atoms with van der Waals surface area (Å²) >= 11 is 0. The van der Waals surface area contributed by atoms with E-state index in [1.165, 1.54) is 45.1 Å². The van der Waals surface area contributed by atoms with E-state index >= 15 is 0 Å². The number of benzene rings is 1. The Hall–Kier alpha value is -1.53. The molecule has 1 aliphatic heterocycles. The lowest BCUT2D eigenvalue weighted by molar-refractivity contribution is 0.263. The molecule has 0 radical (unpaired) electrons. The Kier molecular flexibility index (Phi) is 4.22. The monoisotopic (exact) mass is 269 g/mol. The summed E-state index contributed by atoms with van der Waals surface area (Å²) < 4.78 is 0. The first-order valence-corrected chi connectivity index (χ1v) is 7.87. The zero-order valence-electron chi connectivity index (χ0n) is 11.9. The van der Waals surface area contributed by atoms with Gasteiger partial charge >= 0.3 is 0 Å². The average molecular weight is 269 g/mol. The van der Waals surface area contributed by atoms with Gasteiger partial charge in [0.2, 0.25) is 0 Å². The molecule has 1 saturated heterocycles. The van der Waals surface area contributed by atoms with Crippen molar-refractivity contribution in [1.82, 2.24) is 5.32 Å². The molecule has 20 heavy (non-hydrogen) atoms. The van der Waals surface area contributed by atoms with E-state index in [1.54, 1.807) is 0 Å². The summed E-state index contributed by atoms with van der Waals surface area (Å²) in [4.78, 5) is 0. The van der Waals surface area contributed by atoms with E-state index in [9.17, 15) is 0 Å². The van der Waals surface area contributed by atoms with E-state index in [2.05, 4.69) is 22.8 Å². The minimum atomic E-state index is 0.549. The molecule has 1 heterocycles. The third kappa shape index (κ3) is 2.96. The second kappa shape index (κ2) is 6.28. The van der Waals surface area contributed by atoms with Crippen LogP contribution in [0.25, 0.3) is 0 Å². The smallest absolute Gasteiger partial charge is 0.0992 e. The Morgan fingerprint density at radius 1 is 1.15 bits per heavy atom. The van der Waals surface area contributed by atoms with Crippen LogP contribution in [0.2, 0.25) is 0 Å². The second-order valence-electron chi connectivity index (χ2n) is 6.09. The van der Waals surface area contributed by atoms with Crippen LogP contribution in [0.1, 0.15) is 44.1 Å². The van der Waals surface area contributed by atoms with E-state index in [4.69, 9.17) is 5.26 Å². The number of hydrogen-bond acceptors (Lipinski definition) is 3. The van der Waals surface area contributed by atoms with Crippen molar-refractivity contribution in [2.24, 2.45) is 5.92 Å². The summed E-state index contributed by atoms with van der Waals surface area (Å²) in [5, 5.41) is 16.4. The minimum Gasteiger partial charge on any atom is -0.382 e. The van der Waals surface area contributed by atoms with Gasteiger partial charge in [0.25, 0.3) is 0 Å². The lowest BCUT2D eigenvalue weighted by atomic mass is 9.79. The first-order chi connectivity index (χ1) is 9.86. The van der Waals surface area contributed by atoms with Gasteiger partial charge in [-0.1, -0.05) is 18.9 Å². The fraction of sp³-hybridized carbons (Fsp3) is 0.588. The van der Waals surface area contributed by atoms with Crippen LogP contribution in [0.5, 0.6) is 0 Å². The molecule has 3 rings (SSSR count). The Labute approximate surface area is 121 Å². The van der Waals surface area contributed by atoms with Gasteiger partial charge in [0, 0.05) is 17.8 Å². The second-order valence-corrected chi connectivity index (χ2v) is 6.09. The van der Waals surface area contributed by atoms with E-state index < -0.39 is 0 Å². The first-order valence-electron chi connectivity index (χ1n) is 7.87. The van der Waals surface area contributed by atoms with Gasteiger partial charge in [-0.05, 0) is 56.3 Å². The summed E-state index contributed by atoms with van der Waals surface area (Å²) in [7, 11) is 0. The number of nitrogens with one attached hydrogen (secondary N) is 2. The molecule has 0 bridgehead atoms. The molecule has 2 aliphatic rings. The van der Waals surface area contributed by atoms with Crippen LogP contribution in [0.4, 0.5) is 5.69 Å². The summed E-state index contributed by atoms with van der Waals surface area (Å²) in [6.07, 6.45) is 7.89. The van der Waals surface area contributed by atoms with Gasteiger partial charge < -0.3 is 10.6 Å². The van der Waals surface area contributed by atoms with Gasteiger partial charge in [-0.3, -0.25) is 0 Å². The fourth-order valence-electron chi connectivity index (χ4n) is 3.79. The number of nitriles is 1. The molecule has 3 unspecified atom stereocenters. The van der Waals surface area contributed by atoms with Crippen molar-refractivity contribution in [3.63, 3.8) is 0 Å². The maximum absolute atomic E-state index is 9.00. The van der Waals surface area contributed by atoms with E-state index in [1.807, 2.05) is 18.2 Å². The molecule has 3 nitrogen and oxygen atoms in total. The molecule has 2 fully saturated rings. The molecule has 1 aromatic carbocycles. The molecule has 0 spiro atoms. The topological polar surface area (TPSA) is 47.9 Å². The highest BCUT2D eigenvalue weighted by atomic mass is 15.0. The van der Waals surface area contributed by atoms with Crippen LogP contribution in [0.15, 0.2) is 24.3 Å². The zero-order chi connectivity index (χ0) is 13.8. The van der Waals surface area contributed by atoms with Crippen LogP contribution in [-0.4, -0.2) is 18.6 Å². The quantitative estimate of drug-likeness (QED) is 0.885. The highest BCUT2D eigenvalue weighted by Crippen LogP contribution is 2.32. The van der Waals surface area contributed by atoms with Gasteiger partial charge in [0.15, 0.2) is 0 Å². The van der Waals surface area contributed by atoms with Crippen molar-refractivity contribution in [2.45, 2.75) is 50.6 Å². The number of hydrogen-bond donors (Lipinski definition) is 2. The molecule has 0 amide bonds. The lowest BCUT2D eigenvalue weighted by Gasteiger charge is -2.36. The Balaban J connectivity index is 1.71. The van der Waals surface area contributed by atoms with Crippen molar-refractivity contribution in [1.29, 1.82) is 5.26 Å². The maximum atomic E-state index is 9.00. The predicted octanol–water partition coefficient (Wildman–Crippen LogP) is 3.28. The molecule has 0 aromatic heterocycles. The van der Waals surface area contributed by atoms with Crippen LogP contribution < -0.4 is 10.6 Å². The summed E-state index contributed by atoms with van der Waals surface area (Å²) in [6, 6.07) is 11.3. The Morgan fingerprint density at radius 3 is 2.85 bits per heavy atom. The van der Waals surface area contributed by atoms with Gasteiger partial charge in [0.05, 0.1) is 11.6 Å². The number of nitrogens with zero attached hydrogens (tertiary/aromatic N) is 1. The highest BCUT2D eigenvalue weighted by molar-refractivity contribution is 5.50. The molecule has 1 aliphatic carbocycles. The summed E-state index contributed by atoms with van der Waals surface area (Å²) in [5.41, 5.74) is 1.83. The van der Waals surface area contributed by atoms with Crippen molar-refractivity contribution < 1.29 is 0 Å². The molecule has 106 valence electrons. The van der Waals surface area contributed by atoms with Gasteiger partial charge in [-0.15, -0.1) is 0 Å². The lowest BCUT2D eigenvalue weighted by Crippen LogP contribution is -2.43. The van der Waals surface area contributed by atoms with E-state index in [0.29, 0.717) is 12.1 Å². The third-order valence-electron chi connectivity index (χ3n) is 4.78. The molecule has 2 N–H and O–H groups in total. The van der Waals surface area contributed by atoms with Gasteiger partial charge in [-0.2, -0.15) is 5.26 Å². The van der Waals surface area contributed by atoms with Crippen LogP contribution in [0.3, 0.4) is 0 Å². The number of rotatable bonds is 3. The van der Waals surface area contributed by atoms with Crippen molar-refractivity contribution >= 4 is 5.69 Å². The third-order valence-corrected chi connectivity index (χ3v) is 4.78. The first kappa shape index (κ1) is 13.5. The average Bonchev–Trinajstić information content (AvgIpc) is 3.02. The maximum Gasteiger partial charge on any atom is 0.0992 e. The van der Waals surface area contributed by atoms with Crippen LogP contribution >= 0.6 is 0 Å². The SMILES string of the molecule is N#Cc1cccc(NC2CCCCC2C2CCCN2)c1. The van der Waals surface area contributed by atoms with Gasteiger partial charge in [0.1, 0.15) is 0 Å². The van der Waals surface area contributed by atoms with Crippen LogP contribution in [-0.2, 0) is 0 Å². The molecule has 1 saturated carbocycles. The van der Waals surface area contributed by atoms with Crippen LogP contribution in [0, 0.1) is 17.2 Å². The zero-order valence-corrected chi connectivity index (χ0v) is 11.9. The molecule has 3 atom stereocenters. The molecule has 3 heteroatoms. The van der Waals surface area contributed by atoms with E-state index in [-0.39, 0.29) is 0 Å². The Morgan fingerprint density at radius 2 is 2.05 bits per heavy atom. The molecular formula is C17H23N3. The molecule has 1 aromatic rings. The van der Waals surface area contributed by atoms with Crippen molar-refractivity contribution in [3.05, 3.63) is 29.8 Å². The normalized spacial score (nSPS) is 29.9. The summed E-state index contributed by atoms with van der Waals surface area (Å²) in [6.45, 7) is 1.18.